The molecule has 1 N–H and O–H groups in total. The number of nitrogens with one attached hydrogen (secondary N) is 1. The van der Waals surface area contributed by atoms with E-state index in [1.54, 1.807) is 0 Å². The van der Waals surface area contributed by atoms with Crippen molar-refractivity contribution in [2.24, 2.45) is 18.9 Å². The minimum absolute atomic E-state index is 0.645. The van der Waals surface area contributed by atoms with E-state index in [2.05, 4.69) is 48.5 Å². The first kappa shape index (κ1) is 13.6. The third-order valence-electron chi connectivity index (χ3n) is 4.80. The SMILES string of the molecule is CC1CCC(NCc2nn(C)c3ccccc23)C(C)C1. The van der Waals surface area contributed by atoms with Crippen LogP contribution < -0.4 is 5.32 Å². The van der Waals surface area contributed by atoms with Crippen LogP contribution >= 0.6 is 0 Å². The molecule has 1 aromatic carbocycles. The van der Waals surface area contributed by atoms with E-state index in [-0.39, 0.29) is 0 Å². The summed E-state index contributed by atoms with van der Waals surface area (Å²) in [6, 6.07) is 9.12. The Morgan fingerprint density at radius 1 is 1.25 bits per heavy atom. The monoisotopic (exact) mass is 271 g/mol. The number of para-hydroxylation sites is 1. The standard InChI is InChI=1S/C17H25N3/c1-12-8-9-15(13(2)10-12)18-11-16-14-6-4-5-7-17(14)20(3)19-16/h4-7,12-13,15,18H,8-11H2,1-3H3. The van der Waals surface area contributed by atoms with Gasteiger partial charge in [-0.05, 0) is 37.2 Å². The molecule has 0 radical (unpaired) electrons. The summed E-state index contributed by atoms with van der Waals surface area (Å²) in [4.78, 5) is 0. The minimum atomic E-state index is 0.645. The molecule has 0 spiro atoms. The number of hydrogen-bond donors (Lipinski definition) is 1. The normalized spacial score (nSPS) is 27.1. The third-order valence-corrected chi connectivity index (χ3v) is 4.80. The molecule has 3 heteroatoms. The van der Waals surface area contributed by atoms with E-state index in [4.69, 9.17) is 0 Å². The lowest BCUT2D eigenvalue weighted by molar-refractivity contribution is 0.226. The fourth-order valence-electron chi connectivity index (χ4n) is 3.62. The average Bonchev–Trinajstić information content (AvgIpc) is 2.75. The average molecular weight is 271 g/mol. The van der Waals surface area contributed by atoms with Crippen LogP contribution in [0, 0.1) is 11.8 Å². The van der Waals surface area contributed by atoms with Gasteiger partial charge in [0.25, 0.3) is 0 Å². The Bertz CT molecular complexity index is 587. The smallest absolute Gasteiger partial charge is 0.0841 e. The molecule has 1 aliphatic rings. The maximum absolute atomic E-state index is 4.67. The highest BCUT2D eigenvalue weighted by atomic mass is 15.3. The van der Waals surface area contributed by atoms with Crippen molar-refractivity contribution in [3.05, 3.63) is 30.0 Å². The van der Waals surface area contributed by atoms with Gasteiger partial charge in [0.05, 0.1) is 11.2 Å². The summed E-state index contributed by atoms with van der Waals surface area (Å²) >= 11 is 0. The van der Waals surface area contributed by atoms with Crippen LogP contribution in [0.4, 0.5) is 0 Å². The van der Waals surface area contributed by atoms with Gasteiger partial charge in [-0.2, -0.15) is 5.10 Å². The zero-order chi connectivity index (χ0) is 14.1. The molecule has 1 saturated carbocycles. The van der Waals surface area contributed by atoms with Gasteiger partial charge < -0.3 is 5.32 Å². The molecule has 3 atom stereocenters. The number of hydrogen-bond acceptors (Lipinski definition) is 2. The molecular formula is C17H25N3. The highest BCUT2D eigenvalue weighted by molar-refractivity contribution is 5.81. The summed E-state index contributed by atoms with van der Waals surface area (Å²) in [5.74, 6) is 1.66. The summed E-state index contributed by atoms with van der Waals surface area (Å²) < 4.78 is 1.98. The summed E-state index contributed by atoms with van der Waals surface area (Å²) in [5, 5.41) is 9.68. The van der Waals surface area contributed by atoms with E-state index in [0.29, 0.717) is 6.04 Å². The number of benzene rings is 1. The van der Waals surface area contributed by atoms with Crippen molar-refractivity contribution < 1.29 is 0 Å². The molecule has 0 bridgehead atoms. The van der Waals surface area contributed by atoms with Crippen LogP contribution in [0.25, 0.3) is 10.9 Å². The van der Waals surface area contributed by atoms with Crippen molar-refractivity contribution >= 4 is 10.9 Å². The Morgan fingerprint density at radius 3 is 2.85 bits per heavy atom. The van der Waals surface area contributed by atoms with Crippen LogP contribution in [0.5, 0.6) is 0 Å². The maximum Gasteiger partial charge on any atom is 0.0841 e. The van der Waals surface area contributed by atoms with Crippen molar-refractivity contribution in [1.29, 1.82) is 0 Å². The molecule has 2 aromatic rings. The predicted molar refractivity (Wildman–Crippen MR) is 83.5 cm³/mol. The lowest BCUT2D eigenvalue weighted by Gasteiger charge is -2.33. The molecule has 1 heterocycles. The van der Waals surface area contributed by atoms with Crippen LogP contribution in [0.15, 0.2) is 24.3 Å². The Morgan fingerprint density at radius 2 is 2.05 bits per heavy atom. The molecule has 3 rings (SSSR count). The van der Waals surface area contributed by atoms with Crippen LogP contribution in [0.2, 0.25) is 0 Å². The van der Waals surface area contributed by atoms with Crippen molar-refractivity contribution in [3.63, 3.8) is 0 Å². The van der Waals surface area contributed by atoms with Gasteiger partial charge >= 0.3 is 0 Å². The summed E-state index contributed by atoms with van der Waals surface area (Å²) in [6.45, 7) is 5.63. The second kappa shape index (κ2) is 5.57. The van der Waals surface area contributed by atoms with Crippen LogP contribution in [0.1, 0.15) is 38.8 Å². The number of aromatic nitrogens is 2. The molecule has 0 amide bonds. The lowest BCUT2D eigenvalue weighted by atomic mass is 9.80. The first-order valence-electron chi connectivity index (χ1n) is 7.79. The van der Waals surface area contributed by atoms with E-state index in [1.165, 1.54) is 35.9 Å². The van der Waals surface area contributed by atoms with Gasteiger partial charge in [-0.15, -0.1) is 0 Å². The first-order valence-corrected chi connectivity index (χ1v) is 7.79. The van der Waals surface area contributed by atoms with E-state index < -0.39 is 0 Å². The number of rotatable bonds is 3. The fourth-order valence-corrected chi connectivity index (χ4v) is 3.62. The molecule has 3 nitrogen and oxygen atoms in total. The Balaban J connectivity index is 1.71. The zero-order valence-corrected chi connectivity index (χ0v) is 12.8. The maximum atomic E-state index is 4.67. The fraction of sp³-hybridized carbons (Fsp3) is 0.588. The molecule has 3 unspecified atom stereocenters. The van der Waals surface area contributed by atoms with Gasteiger partial charge in [-0.1, -0.05) is 32.0 Å². The van der Waals surface area contributed by atoms with Gasteiger partial charge in [-0.25, -0.2) is 0 Å². The van der Waals surface area contributed by atoms with E-state index in [9.17, 15) is 0 Å². The minimum Gasteiger partial charge on any atom is -0.308 e. The molecule has 108 valence electrons. The molecule has 1 aliphatic carbocycles. The first-order chi connectivity index (χ1) is 9.65. The van der Waals surface area contributed by atoms with Crippen molar-refractivity contribution in [2.45, 2.75) is 45.7 Å². The quantitative estimate of drug-likeness (QED) is 0.926. The second-order valence-corrected chi connectivity index (χ2v) is 6.47. The Kier molecular flexibility index (Phi) is 3.79. The van der Waals surface area contributed by atoms with Crippen molar-refractivity contribution in [1.82, 2.24) is 15.1 Å². The second-order valence-electron chi connectivity index (χ2n) is 6.47. The van der Waals surface area contributed by atoms with Crippen molar-refractivity contribution in [2.75, 3.05) is 0 Å². The van der Waals surface area contributed by atoms with Crippen LogP contribution in [-0.2, 0) is 13.6 Å². The van der Waals surface area contributed by atoms with Gasteiger partial charge in [0, 0.05) is 25.0 Å². The van der Waals surface area contributed by atoms with Gasteiger partial charge in [-0.3, -0.25) is 4.68 Å². The summed E-state index contributed by atoms with van der Waals surface area (Å²) in [5.41, 5.74) is 2.39. The Labute approximate surface area is 121 Å². The van der Waals surface area contributed by atoms with Crippen molar-refractivity contribution in [3.8, 4) is 0 Å². The molecule has 1 aromatic heterocycles. The van der Waals surface area contributed by atoms with E-state index in [0.717, 1.165) is 18.4 Å². The molecule has 20 heavy (non-hydrogen) atoms. The largest absolute Gasteiger partial charge is 0.308 e. The summed E-state index contributed by atoms with van der Waals surface area (Å²) in [7, 11) is 2.02. The third kappa shape index (κ3) is 2.59. The van der Waals surface area contributed by atoms with Gasteiger partial charge in [0.1, 0.15) is 0 Å². The van der Waals surface area contributed by atoms with Crippen LogP contribution in [-0.4, -0.2) is 15.8 Å². The van der Waals surface area contributed by atoms with E-state index in [1.807, 2.05) is 11.7 Å². The zero-order valence-electron chi connectivity index (χ0n) is 12.8. The van der Waals surface area contributed by atoms with E-state index >= 15 is 0 Å². The topological polar surface area (TPSA) is 29.9 Å². The van der Waals surface area contributed by atoms with Gasteiger partial charge in [0.15, 0.2) is 0 Å². The molecule has 0 saturated heterocycles. The number of aryl methyl sites for hydroxylation is 1. The molecule has 0 aliphatic heterocycles. The Hall–Kier alpha value is -1.35. The highest BCUT2D eigenvalue weighted by Gasteiger charge is 2.25. The molecular weight excluding hydrogens is 246 g/mol. The van der Waals surface area contributed by atoms with Crippen LogP contribution in [0.3, 0.4) is 0 Å². The highest BCUT2D eigenvalue weighted by Crippen LogP contribution is 2.29. The summed E-state index contributed by atoms with van der Waals surface area (Å²) in [6.07, 6.45) is 4.00. The lowest BCUT2D eigenvalue weighted by Crippen LogP contribution is -2.38. The number of nitrogens with zero attached hydrogens (tertiary/aromatic N) is 2. The number of fused-ring (bicyclic) bond motifs is 1. The predicted octanol–water partition coefficient (Wildman–Crippen LogP) is 3.49. The van der Waals surface area contributed by atoms with Gasteiger partial charge in [0.2, 0.25) is 0 Å². The molecule has 1 fully saturated rings.